The van der Waals surface area contributed by atoms with Gasteiger partial charge in [-0.05, 0) is 31.2 Å². The van der Waals surface area contributed by atoms with Crippen LogP contribution in [0.4, 0.5) is 5.69 Å². The molecule has 0 spiro atoms. The number of nitrogens with zero attached hydrogens (tertiary/aromatic N) is 2. The van der Waals surface area contributed by atoms with Crippen molar-refractivity contribution in [1.29, 1.82) is 0 Å². The molecule has 26 heavy (non-hydrogen) atoms. The summed E-state index contributed by atoms with van der Waals surface area (Å²) in [6.07, 6.45) is 0. The van der Waals surface area contributed by atoms with Crippen molar-refractivity contribution < 1.29 is 22.8 Å². The SMILES string of the molecule is Cc1ccc(Oc2ccc(S(=O)(=O)N3CCOCC3)cc2[N+](=O)[O-])cc1. The number of rotatable bonds is 5. The Morgan fingerprint density at radius 1 is 1.12 bits per heavy atom. The average molecular weight is 378 g/mol. The molecule has 1 saturated heterocycles. The van der Waals surface area contributed by atoms with Gasteiger partial charge in [-0.25, -0.2) is 8.42 Å². The van der Waals surface area contributed by atoms with Crippen molar-refractivity contribution in [1.82, 2.24) is 4.31 Å². The first-order chi connectivity index (χ1) is 12.4. The zero-order chi connectivity index (χ0) is 18.7. The second kappa shape index (κ2) is 7.40. The van der Waals surface area contributed by atoms with Gasteiger partial charge in [-0.1, -0.05) is 17.7 Å². The van der Waals surface area contributed by atoms with Gasteiger partial charge in [0.1, 0.15) is 5.75 Å². The van der Waals surface area contributed by atoms with Crippen LogP contribution < -0.4 is 4.74 Å². The number of aryl methyl sites for hydroxylation is 1. The van der Waals surface area contributed by atoms with Gasteiger partial charge in [0, 0.05) is 19.2 Å². The zero-order valence-electron chi connectivity index (χ0n) is 14.1. The van der Waals surface area contributed by atoms with Gasteiger partial charge in [-0.2, -0.15) is 4.31 Å². The third kappa shape index (κ3) is 3.85. The summed E-state index contributed by atoms with van der Waals surface area (Å²) in [4.78, 5) is 10.6. The molecule has 0 saturated carbocycles. The Kier molecular flexibility index (Phi) is 5.21. The Morgan fingerprint density at radius 2 is 1.77 bits per heavy atom. The maximum atomic E-state index is 12.7. The molecule has 138 valence electrons. The van der Waals surface area contributed by atoms with Crippen LogP contribution in [0.25, 0.3) is 0 Å². The van der Waals surface area contributed by atoms with Gasteiger partial charge in [0.05, 0.1) is 23.0 Å². The van der Waals surface area contributed by atoms with Crippen molar-refractivity contribution in [3.63, 3.8) is 0 Å². The molecule has 1 aliphatic heterocycles. The number of nitro benzene ring substituents is 1. The minimum absolute atomic E-state index is 0.0141. The Hall–Kier alpha value is -2.49. The van der Waals surface area contributed by atoms with Crippen molar-refractivity contribution in [2.24, 2.45) is 0 Å². The van der Waals surface area contributed by atoms with Gasteiger partial charge in [0.15, 0.2) is 0 Å². The molecule has 2 aromatic rings. The fourth-order valence-corrected chi connectivity index (χ4v) is 3.98. The van der Waals surface area contributed by atoms with Crippen LogP contribution in [0, 0.1) is 17.0 Å². The molecule has 1 fully saturated rings. The van der Waals surface area contributed by atoms with E-state index in [1.165, 1.54) is 16.4 Å². The molecular formula is C17H18N2O6S. The van der Waals surface area contributed by atoms with E-state index in [4.69, 9.17) is 9.47 Å². The summed E-state index contributed by atoms with van der Waals surface area (Å²) in [6.45, 7) is 2.96. The smallest absolute Gasteiger partial charge is 0.312 e. The van der Waals surface area contributed by atoms with E-state index >= 15 is 0 Å². The summed E-state index contributed by atoms with van der Waals surface area (Å²) in [6, 6.07) is 10.7. The molecule has 0 aromatic heterocycles. The van der Waals surface area contributed by atoms with Crippen LogP contribution in [-0.2, 0) is 14.8 Å². The van der Waals surface area contributed by atoms with Crippen LogP contribution in [-0.4, -0.2) is 43.9 Å². The molecule has 0 unspecified atom stereocenters. The van der Waals surface area contributed by atoms with Gasteiger partial charge in [0.2, 0.25) is 15.8 Å². The monoisotopic (exact) mass is 378 g/mol. The molecule has 8 nitrogen and oxygen atoms in total. The lowest BCUT2D eigenvalue weighted by Gasteiger charge is -2.26. The number of hydrogen-bond acceptors (Lipinski definition) is 6. The number of ether oxygens (including phenoxy) is 2. The van der Waals surface area contributed by atoms with Crippen molar-refractivity contribution in [2.45, 2.75) is 11.8 Å². The first-order valence-electron chi connectivity index (χ1n) is 7.99. The van der Waals surface area contributed by atoms with Gasteiger partial charge in [0.25, 0.3) is 0 Å². The molecule has 0 radical (unpaired) electrons. The Balaban J connectivity index is 1.93. The summed E-state index contributed by atoms with van der Waals surface area (Å²) in [5.41, 5.74) is 0.624. The summed E-state index contributed by atoms with van der Waals surface area (Å²) in [5, 5.41) is 11.4. The molecule has 2 aromatic carbocycles. The molecule has 0 bridgehead atoms. The van der Waals surface area contributed by atoms with Crippen LogP contribution >= 0.6 is 0 Å². The van der Waals surface area contributed by atoms with Gasteiger partial charge in [-0.15, -0.1) is 0 Å². The molecule has 0 N–H and O–H groups in total. The Morgan fingerprint density at radius 3 is 2.38 bits per heavy atom. The van der Waals surface area contributed by atoms with Crippen LogP contribution in [0.1, 0.15) is 5.56 Å². The zero-order valence-corrected chi connectivity index (χ0v) is 14.9. The van der Waals surface area contributed by atoms with Crippen LogP contribution in [0.15, 0.2) is 47.4 Å². The van der Waals surface area contributed by atoms with E-state index in [2.05, 4.69) is 0 Å². The third-order valence-electron chi connectivity index (χ3n) is 3.98. The Bertz CT molecular complexity index is 905. The van der Waals surface area contributed by atoms with E-state index in [1.54, 1.807) is 12.1 Å². The lowest BCUT2D eigenvalue weighted by Crippen LogP contribution is -2.40. The van der Waals surface area contributed by atoms with E-state index < -0.39 is 20.6 Å². The standard InChI is InChI=1S/C17H18N2O6S/c1-13-2-4-14(5-3-13)25-17-7-6-15(12-16(17)19(20)21)26(22,23)18-8-10-24-11-9-18/h2-7,12H,8-11H2,1H3. The van der Waals surface area contributed by atoms with Crippen LogP contribution in [0.2, 0.25) is 0 Å². The van der Waals surface area contributed by atoms with Crippen molar-refractivity contribution in [2.75, 3.05) is 26.3 Å². The van der Waals surface area contributed by atoms with Gasteiger partial charge in [-0.3, -0.25) is 10.1 Å². The molecule has 0 amide bonds. The summed E-state index contributed by atoms with van der Waals surface area (Å²) >= 11 is 0. The predicted octanol–water partition coefficient (Wildman–Crippen LogP) is 2.72. The molecule has 3 rings (SSSR count). The molecule has 9 heteroatoms. The number of nitro groups is 1. The lowest BCUT2D eigenvalue weighted by molar-refractivity contribution is -0.385. The topological polar surface area (TPSA) is 99.0 Å². The highest BCUT2D eigenvalue weighted by atomic mass is 32.2. The van der Waals surface area contributed by atoms with Crippen LogP contribution in [0.3, 0.4) is 0 Å². The van der Waals surface area contributed by atoms with Crippen LogP contribution in [0.5, 0.6) is 11.5 Å². The second-order valence-corrected chi connectivity index (χ2v) is 7.76. The van der Waals surface area contributed by atoms with E-state index in [0.717, 1.165) is 11.6 Å². The lowest BCUT2D eigenvalue weighted by atomic mass is 10.2. The first kappa shape index (κ1) is 18.3. The quantitative estimate of drug-likeness (QED) is 0.586. The maximum Gasteiger partial charge on any atom is 0.312 e. The number of morpholine rings is 1. The summed E-state index contributed by atoms with van der Waals surface area (Å²) in [7, 11) is -3.82. The number of hydrogen-bond donors (Lipinski definition) is 0. The summed E-state index contributed by atoms with van der Waals surface area (Å²) < 4.78 is 37.3. The number of sulfonamides is 1. The van der Waals surface area contributed by atoms with Crippen molar-refractivity contribution >= 4 is 15.7 Å². The highest BCUT2D eigenvalue weighted by molar-refractivity contribution is 7.89. The fraction of sp³-hybridized carbons (Fsp3) is 0.294. The van der Waals surface area contributed by atoms with Gasteiger partial charge >= 0.3 is 5.69 Å². The molecule has 1 heterocycles. The third-order valence-corrected chi connectivity index (χ3v) is 5.88. The highest BCUT2D eigenvalue weighted by Crippen LogP contribution is 2.34. The number of benzene rings is 2. The van der Waals surface area contributed by atoms with E-state index in [0.29, 0.717) is 19.0 Å². The van der Waals surface area contributed by atoms with E-state index in [-0.39, 0.29) is 23.7 Å². The summed E-state index contributed by atoms with van der Waals surface area (Å²) in [5.74, 6) is 0.419. The van der Waals surface area contributed by atoms with E-state index in [1.807, 2.05) is 19.1 Å². The molecular weight excluding hydrogens is 360 g/mol. The molecule has 1 aliphatic rings. The fourth-order valence-electron chi connectivity index (χ4n) is 2.56. The second-order valence-electron chi connectivity index (χ2n) is 5.82. The van der Waals surface area contributed by atoms with Crippen molar-refractivity contribution in [3.05, 3.63) is 58.1 Å². The largest absolute Gasteiger partial charge is 0.450 e. The maximum absolute atomic E-state index is 12.7. The minimum Gasteiger partial charge on any atom is -0.450 e. The Labute approximate surface area is 151 Å². The first-order valence-corrected chi connectivity index (χ1v) is 9.43. The van der Waals surface area contributed by atoms with E-state index in [9.17, 15) is 18.5 Å². The highest BCUT2D eigenvalue weighted by Gasteiger charge is 2.29. The predicted molar refractivity (Wildman–Crippen MR) is 93.9 cm³/mol. The van der Waals surface area contributed by atoms with Crippen molar-refractivity contribution in [3.8, 4) is 11.5 Å². The van der Waals surface area contributed by atoms with Gasteiger partial charge < -0.3 is 9.47 Å². The normalized spacial score (nSPS) is 15.6. The molecule has 0 atom stereocenters. The molecule has 0 aliphatic carbocycles. The minimum atomic E-state index is -3.82. The average Bonchev–Trinajstić information content (AvgIpc) is 2.64.